The van der Waals surface area contributed by atoms with Crippen molar-refractivity contribution in [3.05, 3.63) is 11.4 Å². The van der Waals surface area contributed by atoms with Gasteiger partial charge in [0.25, 0.3) is 5.91 Å². The molecular weight excluding hydrogens is 244 g/mol. The molecule has 1 aromatic heterocycles. The molecule has 108 valence electrons. The number of aryl methyl sites for hydroxylation is 2. The Morgan fingerprint density at radius 2 is 2.00 bits per heavy atom. The minimum Gasteiger partial charge on any atom is -0.395 e. The van der Waals surface area contributed by atoms with Crippen molar-refractivity contribution in [1.29, 1.82) is 0 Å². The fraction of sp³-hybridized carbons (Fsp3) is 0.692. The molecule has 0 unspecified atom stereocenters. The molecule has 0 radical (unpaired) electrons. The van der Waals surface area contributed by atoms with Crippen LogP contribution in [0.3, 0.4) is 0 Å². The van der Waals surface area contributed by atoms with Crippen molar-refractivity contribution < 1.29 is 9.90 Å². The van der Waals surface area contributed by atoms with Crippen LogP contribution in [0.15, 0.2) is 0 Å². The van der Waals surface area contributed by atoms with E-state index in [1.54, 1.807) is 7.05 Å². The lowest BCUT2D eigenvalue weighted by Crippen LogP contribution is -2.42. The van der Waals surface area contributed by atoms with E-state index in [2.05, 4.69) is 10.4 Å². The molecule has 6 nitrogen and oxygen atoms in total. The van der Waals surface area contributed by atoms with E-state index in [9.17, 15) is 9.90 Å². The van der Waals surface area contributed by atoms with Crippen molar-refractivity contribution in [2.75, 3.05) is 12.3 Å². The van der Waals surface area contributed by atoms with Crippen LogP contribution in [-0.2, 0) is 13.5 Å². The van der Waals surface area contributed by atoms with Crippen LogP contribution in [0.5, 0.6) is 0 Å². The summed E-state index contributed by atoms with van der Waals surface area (Å²) in [5.41, 5.74) is 6.53. The fourth-order valence-corrected chi connectivity index (χ4v) is 1.95. The van der Waals surface area contributed by atoms with Crippen molar-refractivity contribution in [1.82, 2.24) is 15.1 Å². The maximum atomic E-state index is 12.1. The molecule has 1 amide bonds. The highest BCUT2D eigenvalue weighted by atomic mass is 16.3. The average Bonchev–Trinajstić information content (AvgIpc) is 2.70. The quantitative estimate of drug-likeness (QED) is 0.713. The first-order chi connectivity index (χ1) is 8.88. The molecule has 4 N–H and O–H groups in total. The largest absolute Gasteiger partial charge is 0.395 e. The number of amides is 1. The van der Waals surface area contributed by atoms with Crippen molar-refractivity contribution in [3.63, 3.8) is 0 Å². The van der Waals surface area contributed by atoms with Gasteiger partial charge in [0.05, 0.1) is 17.0 Å². The van der Waals surface area contributed by atoms with Gasteiger partial charge in [-0.05, 0) is 19.3 Å². The number of carbonyl (C=O) groups is 1. The zero-order valence-electron chi connectivity index (χ0n) is 12.2. The molecule has 0 aliphatic heterocycles. The summed E-state index contributed by atoms with van der Waals surface area (Å²) in [5.74, 6) is -0.299. The van der Waals surface area contributed by atoms with Crippen molar-refractivity contribution >= 4 is 11.6 Å². The zero-order chi connectivity index (χ0) is 14.6. The maximum Gasteiger partial charge on any atom is 0.271 e. The molecule has 0 aliphatic carbocycles. The second-order valence-corrected chi connectivity index (χ2v) is 4.80. The molecule has 0 fully saturated rings. The van der Waals surface area contributed by atoms with Crippen molar-refractivity contribution in [3.8, 4) is 0 Å². The molecule has 6 heteroatoms. The summed E-state index contributed by atoms with van der Waals surface area (Å²) in [6.07, 6.45) is 1.86. The summed E-state index contributed by atoms with van der Waals surface area (Å²) < 4.78 is 1.49. The summed E-state index contributed by atoms with van der Waals surface area (Å²) in [6, 6.07) is 0. The van der Waals surface area contributed by atoms with Gasteiger partial charge in [-0.1, -0.05) is 20.8 Å². The van der Waals surface area contributed by atoms with Gasteiger partial charge in [-0.2, -0.15) is 5.10 Å². The van der Waals surface area contributed by atoms with E-state index in [0.29, 0.717) is 36.3 Å². The van der Waals surface area contributed by atoms with Crippen LogP contribution in [0.1, 0.15) is 49.8 Å². The van der Waals surface area contributed by atoms with Gasteiger partial charge in [-0.15, -0.1) is 0 Å². The predicted octanol–water partition coefficient (Wildman–Crippen LogP) is 0.846. The van der Waals surface area contributed by atoms with Crippen LogP contribution in [-0.4, -0.2) is 32.9 Å². The molecule has 1 heterocycles. The van der Waals surface area contributed by atoms with Crippen LogP contribution < -0.4 is 11.1 Å². The lowest BCUT2D eigenvalue weighted by Gasteiger charge is -2.25. The Bertz CT molecular complexity index is 450. The number of nitrogens with zero attached hydrogens (tertiary/aromatic N) is 2. The Balaban J connectivity index is 2.82. The van der Waals surface area contributed by atoms with Crippen molar-refractivity contribution in [2.24, 2.45) is 7.05 Å². The molecule has 0 spiro atoms. The SMILES string of the molecule is CCc1nn(C)c(C(=O)NCC(O)(CC)CC)c1N. The minimum atomic E-state index is -0.864. The smallest absolute Gasteiger partial charge is 0.271 e. The van der Waals surface area contributed by atoms with Gasteiger partial charge in [0.1, 0.15) is 5.69 Å². The number of anilines is 1. The number of hydrogen-bond acceptors (Lipinski definition) is 4. The first-order valence-corrected chi connectivity index (χ1v) is 6.70. The lowest BCUT2D eigenvalue weighted by atomic mass is 9.97. The third-order valence-electron chi connectivity index (χ3n) is 3.60. The lowest BCUT2D eigenvalue weighted by molar-refractivity contribution is 0.0312. The third-order valence-corrected chi connectivity index (χ3v) is 3.60. The molecule has 0 saturated carbocycles. The van der Waals surface area contributed by atoms with Gasteiger partial charge in [0, 0.05) is 13.6 Å². The Hall–Kier alpha value is -1.56. The van der Waals surface area contributed by atoms with E-state index in [1.807, 2.05) is 20.8 Å². The number of aliphatic hydroxyl groups is 1. The van der Waals surface area contributed by atoms with Gasteiger partial charge in [-0.25, -0.2) is 0 Å². The van der Waals surface area contributed by atoms with Crippen LogP contribution in [0, 0.1) is 0 Å². The second-order valence-electron chi connectivity index (χ2n) is 4.80. The molecule has 0 atom stereocenters. The minimum absolute atomic E-state index is 0.213. The molecule has 1 aromatic rings. The van der Waals surface area contributed by atoms with E-state index >= 15 is 0 Å². The van der Waals surface area contributed by atoms with Crippen LogP contribution in [0.2, 0.25) is 0 Å². The molecule has 0 aliphatic rings. The zero-order valence-corrected chi connectivity index (χ0v) is 12.2. The topological polar surface area (TPSA) is 93.2 Å². The van der Waals surface area contributed by atoms with E-state index < -0.39 is 5.60 Å². The van der Waals surface area contributed by atoms with Gasteiger partial charge >= 0.3 is 0 Å². The molecule has 19 heavy (non-hydrogen) atoms. The highest BCUT2D eigenvalue weighted by Gasteiger charge is 2.25. The summed E-state index contributed by atoms with van der Waals surface area (Å²) in [6.45, 7) is 5.94. The normalized spacial score (nSPS) is 11.6. The predicted molar refractivity (Wildman–Crippen MR) is 74.9 cm³/mol. The second kappa shape index (κ2) is 6.06. The van der Waals surface area contributed by atoms with Gasteiger partial charge in [-0.3, -0.25) is 9.48 Å². The number of nitrogens with one attached hydrogen (secondary N) is 1. The summed E-state index contributed by atoms with van der Waals surface area (Å²) in [7, 11) is 1.69. The monoisotopic (exact) mass is 268 g/mol. The first kappa shape index (κ1) is 15.5. The molecule has 0 aromatic carbocycles. The first-order valence-electron chi connectivity index (χ1n) is 6.70. The van der Waals surface area contributed by atoms with E-state index in [4.69, 9.17) is 5.73 Å². The molecular formula is C13H24N4O2. The Labute approximate surface area is 114 Å². The average molecular weight is 268 g/mol. The summed E-state index contributed by atoms with van der Waals surface area (Å²) >= 11 is 0. The Morgan fingerprint density at radius 3 is 2.42 bits per heavy atom. The standard InChI is InChI=1S/C13H24N4O2/c1-5-9-10(14)11(17(4)16-9)12(18)15-8-13(19,6-2)7-3/h19H,5-8,14H2,1-4H3,(H,15,18). The highest BCUT2D eigenvalue weighted by Crippen LogP contribution is 2.18. The van der Waals surface area contributed by atoms with Gasteiger partial charge in [0.15, 0.2) is 0 Å². The number of aromatic nitrogens is 2. The van der Waals surface area contributed by atoms with Crippen LogP contribution in [0.4, 0.5) is 5.69 Å². The van der Waals surface area contributed by atoms with Gasteiger partial charge < -0.3 is 16.2 Å². The van der Waals surface area contributed by atoms with Crippen molar-refractivity contribution in [2.45, 2.75) is 45.6 Å². The van der Waals surface area contributed by atoms with E-state index in [1.165, 1.54) is 4.68 Å². The number of carbonyl (C=O) groups excluding carboxylic acids is 1. The number of hydrogen-bond donors (Lipinski definition) is 3. The maximum absolute atomic E-state index is 12.1. The number of nitrogens with two attached hydrogens (primary N) is 1. The summed E-state index contributed by atoms with van der Waals surface area (Å²) in [4.78, 5) is 12.1. The summed E-state index contributed by atoms with van der Waals surface area (Å²) in [5, 5.41) is 17.1. The van der Waals surface area contributed by atoms with E-state index in [-0.39, 0.29) is 12.5 Å². The van der Waals surface area contributed by atoms with Crippen LogP contribution >= 0.6 is 0 Å². The highest BCUT2D eigenvalue weighted by molar-refractivity contribution is 5.98. The van der Waals surface area contributed by atoms with Gasteiger partial charge in [0.2, 0.25) is 0 Å². The Kier molecular flexibility index (Phi) is 4.94. The third kappa shape index (κ3) is 3.26. The Morgan fingerprint density at radius 1 is 1.42 bits per heavy atom. The fourth-order valence-electron chi connectivity index (χ4n) is 1.95. The number of rotatable bonds is 6. The number of nitrogen functional groups attached to an aromatic ring is 1. The van der Waals surface area contributed by atoms with Crippen LogP contribution in [0.25, 0.3) is 0 Å². The molecule has 0 saturated heterocycles. The molecule has 1 rings (SSSR count). The molecule has 0 bridgehead atoms. The van der Waals surface area contributed by atoms with E-state index in [0.717, 1.165) is 0 Å².